The molecule has 2 aromatic heterocycles. The second-order valence-electron chi connectivity index (χ2n) is 3.43. The molecule has 0 bridgehead atoms. The molecule has 0 radical (unpaired) electrons. The lowest BCUT2D eigenvalue weighted by Crippen LogP contribution is -1.87. The van der Waals surface area contributed by atoms with Crippen LogP contribution in [0.2, 0.25) is 0 Å². The maximum atomic E-state index is 4.56. The fourth-order valence-electron chi connectivity index (χ4n) is 1.74. The molecule has 0 spiro atoms. The molecule has 0 unspecified atom stereocenters. The predicted molar refractivity (Wildman–Crippen MR) is 56.2 cm³/mol. The molecule has 0 amide bonds. The molecule has 1 aliphatic carbocycles. The predicted octanol–water partition coefficient (Wildman–Crippen LogP) is 2.54. The van der Waals surface area contributed by atoms with Gasteiger partial charge in [-0.15, -0.1) is 0 Å². The summed E-state index contributed by atoms with van der Waals surface area (Å²) in [5, 5.41) is 0. The van der Waals surface area contributed by atoms with Crippen molar-refractivity contribution in [2.75, 3.05) is 0 Å². The summed E-state index contributed by atoms with van der Waals surface area (Å²) in [6.45, 7) is 0. The molecule has 2 nitrogen and oxygen atoms in total. The van der Waals surface area contributed by atoms with Crippen molar-refractivity contribution in [1.82, 2.24) is 9.38 Å². The smallest absolute Gasteiger partial charge is 0.137 e. The third kappa shape index (κ3) is 1.08. The quantitative estimate of drug-likeness (QED) is 0.662. The van der Waals surface area contributed by atoms with Crippen LogP contribution in [0.15, 0.2) is 54.9 Å². The molecule has 0 N–H and O–H groups in total. The molecule has 0 fully saturated rings. The van der Waals surface area contributed by atoms with E-state index in [9.17, 15) is 0 Å². The normalized spacial score (nSPS) is 15.7. The van der Waals surface area contributed by atoms with E-state index in [-0.39, 0.29) is 0 Å². The Morgan fingerprint density at radius 3 is 2.79 bits per heavy atom. The number of fused-ring (bicyclic) bond motifs is 1. The first-order chi connectivity index (χ1) is 6.93. The third-order valence-corrected chi connectivity index (χ3v) is 2.47. The molecule has 2 heteroatoms. The van der Waals surface area contributed by atoms with Crippen LogP contribution in [0.5, 0.6) is 0 Å². The minimum Gasteiger partial charge on any atom is -0.307 e. The van der Waals surface area contributed by atoms with Crippen molar-refractivity contribution in [1.29, 1.82) is 0 Å². The van der Waals surface area contributed by atoms with E-state index in [4.69, 9.17) is 0 Å². The van der Waals surface area contributed by atoms with E-state index in [2.05, 4.69) is 39.9 Å². The lowest BCUT2D eigenvalue weighted by atomic mass is 10.1. The summed E-state index contributed by atoms with van der Waals surface area (Å²) in [6.07, 6.45) is 12.5. The van der Waals surface area contributed by atoms with Crippen molar-refractivity contribution >= 4 is 5.65 Å². The van der Waals surface area contributed by atoms with E-state index >= 15 is 0 Å². The number of pyridine rings is 1. The van der Waals surface area contributed by atoms with Crippen molar-refractivity contribution in [2.45, 2.75) is 5.92 Å². The van der Waals surface area contributed by atoms with Gasteiger partial charge >= 0.3 is 0 Å². The molecule has 0 saturated heterocycles. The second kappa shape index (κ2) is 2.84. The maximum absolute atomic E-state index is 4.56. The van der Waals surface area contributed by atoms with Crippen molar-refractivity contribution < 1.29 is 0 Å². The van der Waals surface area contributed by atoms with Gasteiger partial charge in [0.15, 0.2) is 0 Å². The lowest BCUT2D eigenvalue weighted by molar-refractivity contribution is 1.04. The molecule has 3 rings (SSSR count). The molecule has 0 saturated carbocycles. The largest absolute Gasteiger partial charge is 0.307 e. The standard InChI is InChI=1S/C12H10N2/c1-2-6-10(5-1)11-9-14-8-4-3-7-12(14)13-11/h1-10H. The van der Waals surface area contributed by atoms with Crippen LogP contribution in [-0.2, 0) is 0 Å². The van der Waals surface area contributed by atoms with E-state index in [0.717, 1.165) is 11.3 Å². The van der Waals surface area contributed by atoms with Crippen LogP contribution in [-0.4, -0.2) is 9.38 Å². The van der Waals surface area contributed by atoms with Gasteiger partial charge in [-0.2, -0.15) is 0 Å². The Morgan fingerprint density at radius 1 is 1.14 bits per heavy atom. The maximum Gasteiger partial charge on any atom is 0.137 e. The first-order valence-electron chi connectivity index (χ1n) is 4.72. The number of nitrogens with zero attached hydrogens (tertiary/aromatic N) is 2. The van der Waals surface area contributed by atoms with E-state index in [1.54, 1.807) is 0 Å². The Morgan fingerprint density at radius 2 is 2.00 bits per heavy atom. The molecule has 0 atom stereocenters. The summed E-state index contributed by atoms with van der Waals surface area (Å²) in [5.41, 5.74) is 2.12. The van der Waals surface area contributed by atoms with Gasteiger partial charge in [0.25, 0.3) is 0 Å². The summed E-state index contributed by atoms with van der Waals surface area (Å²) in [5.74, 6) is 0.356. The highest BCUT2D eigenvalue weighted by Crippen LogP contribution is 2.22. The first-order valence-corrected chi connectivity index (χ1v) is 4.72. The van der Waals surface area contributed by atoms with Gasteiger partial charge in [-0.05, 0) is 12.1 Å². The molecule has 14 heavy (non-hydrogen) atoms. The van der Waals surface area contributed by atoms with Crippen LogP contribution in [0.3, 0.4) is 0 Å². The SMILES string of the molecule is C1=CC(c2cn3ccccc3n2)C=C1. The molecule has 1 aliphatic rings. The van der Waals surface area contributed by atoms with Crippen molar-refractivity contribution in [2.24, 2.45) is 0 Å². The van der Waals surface area contributed by atoms with Gasteiger partial charge in [-0.25, -0.2) is 4.98 Å². The Hall–Kier alpha value is -1.83. The zero-order valence-electron chi connectivity index (χ0n) is 7.67. The average Bonchev–Trinajstić information content (AvgIpc) is 2.86. The summed E-state index contributed by atoms with van der Waals surface area (Å²) in [7, 11) is 0. The van der Waals surface area contributed by atoms with Crippen LogP contribution >= 0.6 is 0 Å². The van der Waals surface area contributed by atoms with Crippen LogP contribution in [0.25, 0.3) is 5.65 Å². The summed E-state index contributed by atoms with van der Waals surface area (Å²) < 4.78 is 2.05. The Labute approximate surface area is 82.2 Å². The van der Waals surface area contributed by atoms with Gasteiger partial charge in [0.2, 0.25) is 0 Å². The Bertz CT molecular complexity index is 475. The molecular weight excluding hydrogens is 172 g/mol. The van der Waals surface area contributed by atoms with Crippen molar-refractivity contribution in [3.63, 3.8) is 0 Å². The van der Waals surface area contributed by atoms with Crippen LogP contribution in [0.1, 0.15) is 11.6 Å². The highest BCUT2D eigenvalue weighted by atomic mass is 15.0. The van der Waals surface area contributed by atoms with E-state index in [0.29, 0.717) is 5.92 Å². The van der Waals surface area contributed by atoms with Gasteiger partial charge in [0.1, 0.15) is 5.65 Å². The Balaban J connectivity index is 2.14. The van der Waals surface area contributed by atoms with Crippen LogP contribution in [0, 0.1) is 0 Å². The fourth-order valence-corrected chi connectivity index (χ4v) is 1.74. The first kappa shape index (κ1) is 7.56. The number of rotatable bonds is 1. The van der Waals surface area contributed by atoms with Crippen molar-refractivity contribution in [3.05, 3.63) is 60.6 Å². The number of imidazole rings is 1. The second-order valence-corrected chi connectivity index (χ2v) is 3.43. The zero-order chi connectivity index (χ0) is 9.38. The average molecular weight is 182 g/mol. The number of allylic oxidation sites excluding steroid dienone is 4. The molecule has 2 aromatic rings. The summed E-state index contributed by atoms with van der Waals surface area (Å²) >= 11 is 0. The minimum atomic E-state index is 0.356. The number of hydrogen-bond donors (Lipinski definition) is 0. The van der Waals surface area contributed by atoms with E-state index in [1.807, 2.05) is 24.4 Å². The van der Waals surface area contributed by atoms with Gasteiger partial charge in [-0.3, -0.25) is 0 Å². The van der Waals surface area contributed by atoms with Gasteiger partial charge in [0.05, 0.1) is 5.69 Å². The molecule has 0 aliphatic heterocycles. The summed E-state index contributed by atoms with van der Waals surface area (Å²) in [4.78, 5) is 4.56. The molecule has 0 aromatic carbocycles. The van der Waals surface area contributed by atoms with Gasteiger partial charge in [0, 0.05) is 18.3 Å². The summed E-state index contributed by atoms with van der Waals surface area (Å²) in [6, 6.07) is 6.04. The van der Waals surface area contributed by atoms with Gasteiger partial charge < -0.3 is 4.40 Å². The van der Waals surface area contributed by atoms with Crippen LogP contribution < -0.4 is 0 Å². The third-order valence-electron chi connectivity index (χ3n) is 2.47. The lowest BCUT2D eigenvalue weighted by Gasteiger charge is -1.96. The van der Waals surface area contributed by atoms with Gasteiger partial charge in [-0.1, -0.05) is 30.4 Å². The molecule has 2 heterocycles. The van der Waals surface area contributed by atoms with E-state index < -0.39 is 0 Å². The highest BCUT2D eigenvalue weighted by Gasteiger charge is 2.10. The minimum absolute atomic E-state index is 0.356. The van der Waals surface area contributed by atoms with Crippen molar-refractivity contribution in [3.8, 4) is 0 Å². The molecule has 68 valence electrons. The monoisotopic (exact) mass is 182 g/mol. The molecular formula is C12H10N2. The number of aromatic nitrogens is 2. The Kier molecular flexibility index (Phi) is 1.53. The highest BCUT2D eigenvalue weighted by molar-refractivity contribution is 5.42. The fraction of sp³-hybridized carbons (Fsp3) is 0.0833. The van der Waals surface area contributed by atoms with E-state index in [1.165, 1.54) is 0 Å². The number of hydrogen-bond acceptors (Lipinski definition) is 1. The zero-order valence-corrected chi connectivity index (χ0v) is 7.67. The van der Waals surface area contributed by atoms with Crippen LogP contribution in [0.4, 0.5) is 0 Å². The topological polar surface area (TPSA) is 17.3 Å².